The van der Waals surface area contributed by atoms with E-state index in [2.05, 4.69) is 29.2 Å². The largest absolute Gasteiger partial charge is 0.370 e. The summed E-state index contributed by atoms with van der Waals surface area (Å²) < 4.78 is 7.66. The molecule has 3 rings (SSSR count). The highest BCUT2D eigenvalue weighted by Gasteiger charge is 2.26. The normalized spacial score (nSPS) is 18.2. The van der Waals surface area contributed by atoms with Crippen LogP contribution in [0.2, 0.25) is 0 Å². The quantitative estimate of drug-likeness (QED) is 0.921. The molecule has 2 aromatic heterocycles. The molecule has 0 spiro atoms. The van der Waals surface area contributed by atoms with E-state index in [4.69, 9.17) is 4.74 Å². The molecule has 1 atom stereocenters. The Balaban J connectivity index is 1.62. The van der Waals surface area contributed by atoms with Gasteiger partial charge in [-0.15, -0.1) is 11.3 Å². The Morgan fingerprint density at radius 2 is 2.33 bits per heavy atom. The third kappa shape index (κ3) is 3.76. The van der Waals surface area contributed by atoms with Gasteiger partial charge in [0, 0.05) is 35.9 Å². The zero-order chi connectivity index (χ0) is 17.1. The summed E-state index contributed by atoms with van der Waals surface area (Å²) in [5.74, 6) is 0.413. The first-order valence-corrected chi connectivity index (χ1v) is 9.04. The molecule has 1 saturated heterocycles. The number of urea groups is 1. The lowest BCUT2D eigenvalue weighted by atomic mass is 10.1. The van der Waals surface area contributed by atoms with E-state index in [0.29, 0.717) is 30.7 Å². The van der Waals surface area contributed by atoms with E-state index in [9.17, 15) is 4.79 Å². The van der Waals surface area contributed by atoms with Gasteiger partial charge in [0.05, 0.1) is 19.3 Å². The number of rotatable bonds is 4. The van der Waals surface area contributed by atoms with Crippen LogP contribution in [-0.2, 0) is 11.3 Å². The highest BCUT2D eigenvalue weighted by Crippen LogP contribution is 2.26. The van der Waals surface area contributed by atoms with Gasteiger partial charge in [-0.25, -0.2) is 9.78 Å². The maximum Gasteiger partial charge on any atom is 0.323 e. The van der Waals surface area contributed by atoms with E-state index in [1.807, 2.05) is 30.2 Å². The van der Waals surface area contributed by atoms with Crippen LogP contribution in [0.25, 0.3) is 0 Å². The summed E-state index contributed by atoms with van der Waals surface area (Å²) in [6, 6.07) is -0.129. The molecule has 0 saturated carbocycles. The number of thiazole rings is 1. The highest BCUT2D eigenvalue weighted by molar-refractivity contribution is 7.15. The maximum atomic E-state index is 12.5. The van der Waals surface area contributed by atoms with Gasteiger partial charge in [-0.1, -0.05) is 13.8 Å². The number of hydrogen-bond acceptors (Lipinski definition) is 5. The van der Waals surface area contributed by atoms with Crippen LogP contribution in [0.1, 0.15) is 43.2 Å². The van der Waals surface area contributed by atoms with Gasteiger partial charge < -0.3 is 9.64 Å². The predicted molar refractivity (Wildman–Crippen MR) is 93.4 cm³/mol. The van der Waals surface area contributed by atoms with Crippen LogP contribution in [0.15, 0.2) is 18.6 Å². The van der Waals surface area contributed by atoms with Crippen molar-refractivity contribution in [2.24, 2.45) is 0 Å². The molecular formula is C16H23N5O2S. The Morgan fingerprint density at radius 1 is 1.50 bits per heavy atom. The van der Waals surface area contributed by atoms with Gasteiger partial charge in [0.15, 0.2) is 5.13 Å². The third-order valence-corrected chi connectivity index (χ3v) is 5.22. The molecule has 2 aromatic rings. The van der Waals surface area contributed by atoms with Crippen molar-refractivity contribution < 1.29 is 9.53 Å². The zero-order valence-corrected chi connectivity index (χ0v) is 15.0. The fourth-order valence-corrected chi connectivity index (χ4v) is 3.34. The second-order valence-electron chi connectivity index (χ2n) is 6.09. The third-order valence-electron chi connectivity index (χ3n) is 4.01. The molecule has 3 heterocycles. The van der Waals surface area contributed by atoms with Gasteiger partial charge in [0.2, 0.25) is 0 Å². The van der Waals surface area contributed by atoms with E-state index in [1.54, 1.807) is 4.90 Å². The Kier molecular flexibility index (Phi) is 5.15. The van der Waals surface area contributed by atoms with Gasteiger partial charge in [0.25, 0.3) is 0 Å². The van der Waals surface area contributed by atoms with E-state index in [-0.39, 0.29) is 12.1 Å². The van der Waals surface area contributed by atoms with Crippen molar-refractivity contribution in [3.63, 3.8) is 0 Å². The molecule has 24 heavy (non-hydrogen) atoms. The summed E-state index contributed by atoms with van der Waals surface area (Å²) >= 11 is 1.52. The smallest absolute Gasteiger partial charge is 0.323 e. The van der Waals surface area contributed by atoms with E-state index in [1.165, 1.54) is 11.3 Å². The first-order chi connectivity index (χ1) is 11.6. The van der Waals surface area contributed by atoms with Gasteiger partial charge in [0.1, 0.15) is 6.10 Å². The van der Waals surface area contributed by atoms with E-state index >= 15 is 0 Å². The molecule has 1 N–H and O–H groups in total. The van der Waals surface area contributed by atoms with Crippen molar-refractivity contribution in [2.45, 2.75) is 39.3 Å². The standard InChI is InChI=1S/C16H23N5O2S/c1-4-21-9-12(7-18-21)13-10-20(5-6-23-13)16(22)19-15-17-8-14(24-15)11(2)3/h7-9,11,13H,4-6,10H2,1-3H3,(H,17,19,22)/t13-/m0/s1. The number of hydrogen-bond donors (Lipinski definition) is 1. The fraction of sp³-hybridized carbons (Fsp3) is 0.562. The lowest BCUT2D eigenvalue weighted by Gasteiger charge is -2.32. The van der Waals surface area contributed by atoms with Crippen LogP contribution in [0.3, 0.4) is 0 Å². The first kappa shape index (κ1) is 16.9. The average Bonchev–Trinajstić information content (AvgIpc) is 3.24. The Morgan fingerprint density at radius 3 is 3.00 bits per heavy atom. The number of amides is 2. The molecule has 8 heteroatoms. The molecule has 2 amide bonds. The van der Waals surface area contributed by atoms with Crippen molar-refractivity contribution in [2.75, 3.05) is 25.0 Å². The summed E-state index contributed by atoms with van der Waals surface area (Å²) in [4.78, 5) is 19.7. The number of carbonyl (C=O) groups excluding carboxylic acids is 1. The number of carbonyl (C=O) groups is 1. The number of anilines is 1. The zero-order valence-electron chi connectivity index (χ0n) is 14.2. The van der Waals surface area contributed by atoms with Crippen molar-refractivity contribution in [3.8, 4) is 0 Å². The van der Waals surface area contributed by atoms with Crippen LogP contribution in [-0.4, -0.2) is 45.4 Å². The maximum absolute atomic E-state index is 12.5. The monoisotopic (exact) mass is 349 g/mol. The fourth-order valence-electron chi connectivity index (χ4n) is 2.54. The van der Waals surface area contributed by atoms with Crippen molar-refractivity contribution in [1.82, 2.24) is 19.7 Å². The summed E-state index contributed by atoms with van der Waals surface area (Å²) in [6.07, 6.45) is 5.48. The Bertz CT molecular complexity index is 696. The number of nitrogens with one attached hydrogen (secondary N) is 1. The number of morpholine rings is 1. The molecule has 7 nitrogen and oxygen atoms in total. The minimum absolute atomic E-state index is 0.129. The van der Waals surface area contributed by atoms with Crippen LogP contribution < -0.4 is 5.32 Å². The minimum atomic E-state index is -0.132. The number of ether oxygens (including phenoxy) is 1. The summed E-state index contributed by atoms with van der Waals surface area (Å²) in [5.41, 5.74) is 1.01. The number of aromatic nitrogens is 3. The lowest BCUT2D eigenvalue weighted by Crippen LogP contribution is -2.44. The molecule has 0 bridgehead atoms. The van der Waals surface area contributed by atoms with Crippen molar-refractivity contribution in [1.29, 1.82) is 0 Å². The Hall–Kier alpha value is -1.93. The molecule has 0 aliphatic carbocycles. The predicted octanol–water partition coefficient (Wildman–Crippen LogP) is 3.09. The summed E-state index contributed by atoms with van der Waals surface area (Å²) in [6.45, 7) is 8.70. The average molecular weight is 349 g/mol. The first-order valence-electron chi connectivity index (χ1n) is 8.22. The molecule has 1 fully saturated rings. The second kappa shape index (κ2) is 7.31. The van der Waals surface area contributed by atoms with Crippen LogP contribution in [0.4, 0.5) is 9.93 Å². The molecular weight excluding hydrogens is 326 g/mol. The number of aryl methyl sites for hydroxylation is 1. The molecule has 0 aromatic carbocycles. The summed E-state index contributed by atoms with van der Waals surface area (Å²) in [5, 5.41) is 7.81. The summed E-state index contributed by atoms with van der Waals surface area (Å²) in [7, 11) is 0. The molecule has 130 valence electrons. The van der Waals surface area contributed by atoms with Gasteiger partial charge in [-0.2, -0.15) is 5.10 Å². The van der Waals surface area contributed by atoms with Crippen molar-refractivity contribution in [3.05, 3.63) is 29.0 Å². The van der Waals surface area contributed by atoms with Gasteiger partial charge >= 0.3 is 6.03 Å². The van der Waals surface area contributed by atoms with Crippen molar-refractivity contribution >= 4 is 22.5 Å². The molecule has 0 unspecified atom stereocenters. The molecule has 0 radical (unpaired) electrons. The van der Waals surface area contributed by atoms with E-state index < -0.39 is 0 Å². The lowest BCUT2D eigenvalue weighted by molar-refractivity contribution is -0.0135. The second-order valence-corrected chi connectivity index (χ2v) is 7.15. The van der Waals surface area contributed by atoms with Gasteiger partial charge in [-0.05, 0) is 12.8 Å². The molecule has 1 aliphatic heterocycles. The van der Waals surface area contributed by atoms with Crippen LogP contribution in [0.5, 0.6) is 0 Å². The van der Waals surface area contributed by atoms with Crippen LogP contribution >= 0.6 is 11.3 Å². The minimum Gasteiger partial charge on any atom is -0.370 e. The molecule has 1 aliphatic rings. The Labute approximate surface area is 145 Å². The highest BCUT2D eigenvalue weighted by atomic mass is 32.1. The topological polar surface area (TPSA) is 72.3 Å². The number of nitrogens with zero attached hydrogens (tertiary/aromatic N) is 4. The van der Waals surface area contributed by atoms with E-state index in [0.717, 1.165) is 17.0 Å². The van der Waals surface area contributed by atoms with Gasteiger partial charge in [-0.3, -0.25) is 10.00 Å². The SMILES string of the molecule is CCn1cc([C@@H]2CN(C(=O)Nc3ncc(C(C)C)s3)CCO2)cn1. The van der Waals surface area contributed by atoms with Crippen LogP contribution in [0, 0.1) is 0 Å².